The smallest absolute Gasteiger partial charge is 0.114 e. The minimum absolute atomic E-state index is 0.229. The Balaban J connectivity index is 1.31. The van der Waals surface area contributed by atoms with Crippen LogP contribution < -0.4 is 0 Å². The normalized spacial score (nSPS) is 16.6. The molecule has 0 saturated heterocycles. The van der Waals surface area contributed by atoms with Crippen LogP contribution in [0.2, 0.25) is 0 Å². The monoisotopic (exact) mass is 588 g/mol. The van der Waals surface area contributed by atoms with E-state index in [2.05, 4.69) is 130 Å². The highest BCUT2D eigenvalue weighted by Gasteiger charge is 2.26. The summed E-state index contributed by atoms with van der Waals surface area (Å²) in [5, 5.41) is 17.0. The van der Waals surface area contributed by atoms with E-state index in [4.69, 9.17) is 4.99 Å². The molecule has 1 aliphatic rings. The van der Waals surface area contributed by atoms with Gasteiger partial charge in [0.25, 0.3) is 0 Å². The molecule has 1 unspecified atom stereocenters. The summed E-state index contributed by atoms with van der Waals surface area (Å²) in [5.74, 6) is 1.31. The summed E-state index contributed by atoms with van der Waals surface area (Å²) in [5.41, 5.74) is 10.4. The zero-order valence-corrected chi connectivity index (χ0v) is 25.1. The number of benzene rings is 6. The van der Waals surface area contributed by atoms with Gasteiger partial charge in [-0.1, -0.05) is 84.9 Å². The van der Waals surface area contributed by atoms with Crippen LogP contribution in [-0.2, 0) is 0 Å². The number of nitrogens with zero attached hydrogens (tertiary/aromatic N) is 4. The third kappa shape index (κ3) is 3.40. The molecule has 10 rings (SSSR count). The Morgan fingerprint density at radius 3 is 2.04 bits per heavy atom. The molecule has 4 heterocycles. The lowest BCUT2D eigenvalue weighted by atomic mass is 9.85. The Morgan fingerprint density at radius 2 is 1.26 bits per heavy atom. The number of aromatic nitrogens is 2. The van der Waals surface area contributed by atoms with Crippen molar-refractivity contribution in [2.24, 2.45) is 4.99 Å². The van der Waals surface area contributed by atoms with Crippen molar-refractivity contribution in [2.75, 3.05) is 0 Å². The first-order valence-electron chi connectivity index (χ1n) is 16.1. The predicted molar refractivity (Wildman–Crippen MR) is 190 cm³/mol. The maximum absolute atomic E-state index is 9.37. The van der Waals surface area contributed by atoms with Crippen LogP contribution in [0.3, 0.4) is 0 Å². The summed E-state index contributed by atoms with van der Waals surface area (Å²) >= 11 is 0. The standard InChI is InChI=1S/C42H28N4/c43-25-26-20-22-27(23-21-26)28-14-9-19-39(44-35-15-5-1-10-29(28)35)46-37-17-7-3-12-31(37)34-24-33-30-11-2-6-16-36(30)45-38-18-8-4-13-32(38)40(41(33)45)42(34)46/h1-8,10-13,15-18,20-24,28H,9,14,19H2/b44-39+. The zero-order valence-electron chi connectivity index (χ0n) is 25.1. The molecule has 4 heteroatoms. The quantitative estimate of drug-likeness (QED) is 0.188. The molecule has 46 heavy (non-hydrogen) atoms. The number of hydrogen-bond donors (Lipinski definition) is 0. The molecule has 0 bridgehead atoms. The average Bonchev–Trinajstić information content (AvgIpc) is 3.73. The van der Waals surface area contributed by atoms with Crippen molar-refractivity contribution < 1.29 is 0 Å². The Morgan fingerprint density at radius 1 is 0.630 bits per heavy atom. The van der Waals surface area contributed by atoms with Crippen LogP contribution in [-0.4, -0.2) is 14.8 Å². The third-order valence-corrected chi connectivity index (χ3v) is 10.2. The van der Waals surface area contributed by atoms with Gasteiger partial charge in [-0.2, -0.15) is 5.26 Å². The molecule has 0 amide bonds. The van der Waals surface area contributed by atoms with Crippen molar-refractivity contribution in [1.29, 1.82) is 5.26 Å². The average molecular weight is 589 g/mol. The van der Waals surface area contributed by atoms with Crippen LogP contribution in [0.4, 0.5) is 5.69 Å². The maximum atomic E-state index is 9.37. The van der Waals surface area contributed by atoms with Crippen molar-refractivity contribution in [3.8, 4) is 6.07 Å². The van der Waals surface area contributed by atoms with Crippen LogP contribution in [0.1, 0.15) is 41.9 Å². The van der Waals surface area contributed by atoms with E-state index in [1.807, 2.05) is 12.1 Å². The predicted octanol–water partition coefficient (Wildman–Crippen LogP) is 10.7. The molecule has 0 radical (unpaired) electrons. The molecule has 4 nitrogen and oxygen atoms in total. The molecule has 0 N–H and O–H groups in total. The minimum Gasteiger partial charge on any atom is -0.308 e. The molecule has 1 atom stereocenters. The fraction of sp³-hybridized carbons (Fsp3) is 0.0952. The topological polar surface area (TPSA) is 45.5 Å². The second kappa shape index (κ2) is 9.54. The van der Waals surface area contributed by atoms with Crippen molar-refractivity contribution in [2.45, 2.75) is 25.2 Å². The summed E-state index contributed by atoms with van der Waals surface area (Å²) in [6.07, 6.45) is 2.87. The Bertz CT molecular complexity index is 2730. The lowest BCUT2D eigenvalue weighted by molar-refractivity contribution is 0.669. The molecular weight excluding hydrogens is 560 g/mol. The molecule has 0 saturated carbocycles. The second-order valence-electron chi connectivity index (χ2n) is 12.5. The van der Waals surface area contributed by atoms with Crippen LogP contribution in [0.25, 0.3) is 59.9 Å². The largest absolute Gasteiger partial charge is 0.308 e. The molecule has 0 spiro atoms. The number of fused-ring (bicyclic) bond motifs is 11. The van der Waals surface area contributed by atoms with E-state index in [0.717, 1.165) is 30.8 Å². The van der Waals surface area contributed by atoms with E-state index in [1.54, 1.807) is 0 Å². The molecule has 1 aliphatic heterocycles. The molecule has 0 aliphatic carbocycles. The fourth-order valence-electron chi connectivity index (χ4n) is 8.22. The van der Waals surface area contributed by atoms with E-state index in [-0.39, 0.29) is 5.92 Å². The van der Waals surface area contributed by atoms with Crippen LogP contribution >= 0.6 is 0 Å². The first-order valence-corrected chi connectivity index (χ1v) is 16.1. The Hall–Kier alpha value is -5.92. The Kier molecular flexibility index (Phi) is 5.27. The summed E-state index contributed by atoms with van der Waals surface area (Å²) in [6.45, 7) is 0. The first-order chi connectivity index (χ1) is 22.8. The molecule has 9 aromatic rings. The maximum Gasteiger partial charge on any atom is 0.114 e. The lowest BCUT2D eigenvalue weighted by Crippen LogP contribution is -2.15. The van der Waals surface area contributed by atoms with Gasteiger partial charge in [0, 0.05) is 44.7 Å². The van der Waals surface area contributed by atoms with E-state index in [0.29, 0.717) is 5.56 Å². The van der Waals surface area contributed by atoms with Crippen molar-refractivity contribution in [3.05, 3.63) is 144 Å². The molecular formula is C42H28N4. The highest BCUT2D eigenvalue weighted by atomic mass is 15.1. The summed E-state index contributed by atoms with van der Waals surface area (Å²) in [7, 11) is 0. The number of aliphatic imine (C=N–C) groups is 1. The second-order valence-corrected chi connectivity index (χ2v) is 12.5. The van der Waals surface area contributed by atoms with E-state index < -0.39 is 0 Å². The van der Waals surface area contributed by atoms with Crippen molar-refractivity contribution in [3.63, 3.8) is 0 Å². The van der Waals surface area contributed by atoms with Gasteiger partial charge in [-0.05, 0) is 66.4 Å². The van der Waals surface area contributed by atoms with E-state index in [9.17, 15) is 5.26 Å². The van der Waals surface area contributed by atoms with Gasteiger partial charge in [-0.15, -0.1) is 0 Å². The van der Waals surface area contributed by atoms with Gasteiger partial charge in [0.05, 0.1) is 44.9 Å². The summed E-state index contributed by atoms with van der Waals surface area (Å²) < 4.78 is 4.94. The molecule has 216 valence electrons. The number of hydrogen-bond acceptors (Lipinski definition) is 2. The van der Waals surface area contributed by atoms with Gasteiger partial charge in [0.1, 0.15) is 5.84 Å². The van der Waals surface area contributed by atoms with Gasteiger partial charge >= 0.3 is 0 Å². The summed E-state index contributed by atoms with van der Waals surface area (Å²) in [6, 6.07) is 47.9. The van der Waals surface area contributed by atoms with Gasteiger partial charge in [-0.25, -0.2) is 4.99 Å². The van der Waals surface area contributed by atoms with E-state index in [1.165, 1.54) is 71.0 Å². The number of rotatable bonds is 1. The van der Waals surface area contributed by atoms with Gasteiger partial charge in [-0.3, -0.25) is 4.57 Å². The molecule has 3 aromatic heterocycles. The molecule has 0 fully saturated rings. The lowest BCUT2D eigenvalue weighted by Gasteiger charge is -2.24. The van der Waals surface area contributed by atoms with Crippen LogP contribution in [0, 0.1) is 11.3 Å². The zero-order chi connectivity index (χ0) is 30.4. The highest BCUT2D eigenvalue weighted by Crippen LogP contribution is 2.46. The van der Waals surface area contributed by atoms with Crippen LogP contribution in [0.5, 0.6) is 0 Å². The van der Waals surface area contributed by atoms with Crippen LogP contribution in [0.15, 0.2) is 132 Å². The van der Waals surface area contributed by atoms with Gasteiger partial charge in [0.2, 0.25) is 0 Å². The first kappa shape index (κ1) is 25.4. The minimum atomic E-state index is 0.229. The number of para-hydroxylation sites is 4. The summed E-state index contributed by atoms with van der Waals surface area (Å²) in [4.78, 5) is 5.54. The highest BCUT2D eigenvalue weighted by molar-refractivity contribution is 6.35. The third-order valence-electron chi connectivity index (χ3n) is 10.2. The molecule has 6 aromatic carbocycles. The van der Waals surface area contributed by atoms with E-state index >= 15 is 0 Å². The van der Waals surface area contributed by atoms with Gasteiger partial charge < -0.3 is 4.40 Å². The Labute approximate surface area is 265 Å². The van der Waals surface area contributed by atoms with Gasteiger partial charge in [0.15, 0.2) is 0 Å². The number of nitriles is 1. The van der Waals surface area contributed by atoms with Crippen molar-refractivity contribution >= 4 is 71.4 Å². The van der Waals surface area contributed by atoms with Crippen molar-refractivity contribution in [1.82, 2.24) is 8.97 Å². The fourth-order valence-corrected chi connectivity index (χ4v) is 8.22. The SMILES string of the molecule is N#Cc1ccc(C2CCC/C(n3c4ccccc4c4cc5c6ccccc6n6c7ccccc7c(c43)c56)=N\c3ccccc32)cc1.